The van der Waals surface area contributed by atoms with Crippen molar-refractivity contribution in [2.75, 3.05) is 11.5 Å². The highest BCUT2D eigenvalue weighted by Crippen LogP contribution is 2.24. The fourth-order valence-electron chi connectivity index (χ4n) is 2.00. The van der Waals surface area contributed by atoms with Crippen molar-refractivity contribution >= 4 is 43.8 Å². The molecule has 2 aromatic rings. The second-order valence-corrected chi connectivity index (χ2v) is 7.66. The van der Waals surface area contributed by atoms with Gasteiger partial charge in [-0.25, -0.2) is 0 Å². The molecule has 0 saturated heterocycles. The van der Waals surface area contributed by atoms with E-state index in [0.717, 1.165) is 12.1 Å². The lowest BCUT2D eigenvalue weighted by atomic mass is 10.1. The first-order chi connectivity index (χ1) is 11.0. The molecule has 144 valence electrons. The van der Waals surface area contributed by atoms with Crippen LogP contribution >= 0.6 is 0 Å². The molecule has 2 aromatic carbocycles. The van der Waals surface area contributed by atoms with E-state index in [9.17, 15) is 25.9 Å². The van der Waals surface area contributed by atoms with Crippen molar-refractivity contribution in [2.45, 2.75) is 9.79 Å². The van der Waals surface area contributed by atoms with Gasteiger partial charge < -0.3 is 23.8 Å². The second-order valence-electron chi connectivity index (χ2n) is 4.88. The topological polar surface area (TPSA) is 231 Å². The van der Waals surface area contributed by atoms with Gasteiger partial charge in [0, 0.05) is 11.4 Å². The van der Waals surface area contributed by atoms with E-state index in [1.54, 1.807) is 0 Å². The van der Waals surface area contributed by atoms with Gasteiger partial charge >= 0.3 is 0 Å². The van der Waals surface area contributed by atoms with Crippen molar-refractivity contribution in [3.05, 3.63) is 47.5 Å². The van der Waals surface area contributed by atoms with Gasteiger partial charge in [-0.2, -0.15) is 16.8 Å². The number of hydrogen-bond donors (Lipinski definition) is 6. The van der Waals surface area contributed by atoms with Crippen LogP contribution in [0, 0.1) is 0 Å². The SMILES string of the molecule is N.N.Nc1ccc(/C=C/c2ccc(N)cc2S(=O)(=O)O)c(S(=O)(=O)O)c1. The predicted molar refractivity (Wildman–Crippen MR) is 100 cm³/mol. The largest absolute Gasteiger partial charge is 0.399 e. The van der Waals surface area contributed by atoms with Crippen LogP contribution in [0.1, 0.15) is 11.1 Å². The van der Waals surface area contributed by atoms with Crippen LogP contribution in [-0.4, -0.2) is 25.9 Å². The first-order valence-electron chi connectivity index (χ1n) is 6.40. The molecule has 0 aliphatic carbocycles. The quantitative estimate of drug-likeness (QED) is 0.246. The molecule has 0 spiro atoms. The zero-order chi connectivity index (χ0) is 18.1. The summed E-state index contributed by atoms with van der Waals surface area (Å²) in [5.74, 6) is 0. The molecule has 10 nitrogen and oxygen atoms in total. The van der Waals surface area contributed by atoms with Crippen LogP contribution in [0.3, 0.4) is 0 Å². The summed E-state index contributed by atoms with van der Waals surface area (Å²) in [4.78, 5) is -0.856. The lowest BCUT2D eigenvalue weighted by Crippen LogP contribution is -2.03. The zero-order valence-corrected chi connectivity index (χ0v) is 15.2. The Bertz CT molecular complexity index is 950. The number of rotatable bonds is 4. The molecule has 0 atom stereocenters. The number of benzene rings is 2. The van der Waals surface area contributed by atoms with Crippen LogP contribution in [0.25, 0.3) is 12.2 Å². The Hall–Kier alpha value is -2.48. The number of anilines is 2. The van der Waals surface area contributed by atoms with Crippen LogP contribution in [0.15, 0.2) is 46.2 Å². The van der Waals surface area contributed by atoms with Crippen LogP contribution in [-0.2, 0) is 20.2 Å². The highest BCUT2D eigenvalue weighted by Gasteiger charge is 2.16. The lowest BCUT2D eigenvalue weighted by molar-refractivity contribution is 0.480. The zero-order valence-electron chi connectivity index (χ0n) is 13.5. The average Bonchev–Trinajstić information content (AvgIpc) is 2.45. The molecule has 12 N–H and O–H groups in total. The molecule has 0 fully saturated rings. The molecule has 26 heavy (non-hydrogen) atoms. The maximum atomic E-state index is 11.4. The molecule has 0 amide bonds. The first-order valence-corrected chi connectivity index (χ1v) is 9.28. The highest BCUT2D eigenvalue weighted by molar-refractivity contribution is 7.86. The van der Waals surface area contributed by atoms with Crippen molar-refractivity contribution < 1.29 is 25.9 Å². The van der Waals surface area contributed by atoms with Gasteiger partial charge in [0.1, 0.15) is 9.79 Å². The lowest BCUT2D eigenvalue weighted by Gasteiger charge is -2.06. The second kappa shape index (κ2) is 8.27. The minimum absolute atomic E-state index is 0. The van der Waals surface area contributed by atoms with E-state index in [2.05, 4.69) is 0 Å². The summed E-state index contributed by atoms with van der Waals surface area (Å²) in [6, 6.07) is 7.67. The van der Waals surface area contributed by atoms with Crippen molar-refractivity contribution in [3.8, 4) is 0 Å². The third-order valence-electron chi connectivity index (χ3n) is 3.07. The molecular formula is C14H20N4O6S2. The molecule has 0 heterocycles. The van der Waals surface area contributed by atoms with E-state index in [0.29, 0.717) is 0 Å². The van der Waals surface area contributed by atoms with Crippen molar-refractivity contribution in [3.63, 3.8) is 0 Å². The standard InChI is InChI=1S/C14H14N2O6S2.2H3N/c15-11-5-3-9(13(7-11)23(17,18)19)1-2-10-4-6-12(16)8-14(10)24(20,21)22;;/h1-8H,15-16H2,(H,17,18,19)(H,20,21,22);2*1H3/b2-1+;;. The number of hydrogen-bond acceptors (Lipinski definition) is 8. The van der Waals surface area contributed by atoms with Crippen molar-refractivity contribution in [2.24, 2.45) is 0 Å². The van der Waals surface area contributed by atoms with E-state index in [1.807, 2.05) is 0 Å². The van der Waals surface area contributed by atoms with Crippen LogP contribution in [0.2, 0.25) is 0 Å². The van der Waals surface area contributed by atoms with Gasteiger partial charge in [-0.3, -0.25) is 9.11 Å². The van der Waals surface area contributed by atoms with Gasteiger partial charge in [0.25, 0.3) is 20.2 Å². The number of nitrogens with two attached hydrogens (primary N) is 2. The predicted octanol–water partition coefficient (Wildman–Crippen LogP) is 1.84. The molecule has 0 aromatic heterocycles. The molecule has 2 rings (SSSR count). The summed E-state index contributed by atoms with van der Waals surface area (Å²) >= 11 is 0. The molecule has 0 aliphatic rings. The van der Waals surface area contributed by atoms with Gasteiger partial charge in [-0.15, -0.1) is 0 Å². The van der Waals surface area contributed by atoms with E-state index < -0.39 is 30.0 Å². The van der Waals surface area contributed by atoms with Gasteiger partial charge in [0.15, 0.2) is 0 Å². The molecule has 0 saturated carbocycles. The summed E-state index contributed by atoms with van der Waals surface area (Å²) in [5, 5.41) is 0. The number of nitrogen functional groups attached to an aromatic ring is 2. The Morgan fingerprint density at radius 3 is 1.27 bits per heavy atom. The summed E-state index contributed by atoms with van der Waals surface area (Å²) < 4.78 is 64.1. The van der Waals surface area contributed by atoms with E-state index in [4.69, 9.17) is 11.5 Å². The third kappa shape index (κ3) is 5.52. The summed E-state index contributed by atoms with van der Waals surface area (Å²) in [6.07, 6.45) is 2.53. The molecular weight excluding hydrogens is 384 g/mol. The van der Waals surface area contributed by atoms with Crippen molar-refractivity contribution in [1.29, 1.82) is 0 Å². The molecule has 0 aliphatic heterocycles. The normalized spacial score (nSPS) is 11.6. The maximum Gasteiger partial charge on any atom is 0.295 e. The summed E-state index contributed by atoms with van der Waals surface area (Å²) in [7, 11) is -9.05. The van der Waals surface area contributed by atoms with Crippen molar-refractivity contribution in [1.82, 2.24) is 12.3 Å². The summed E-state index contributed by atoms with van der Waals surface area (Å²) in [6.45, 7) is 0. The maximum absolute atomic E-state index is 11.4. The monoisotopic (exact) mass is 404 g/mol. The summed E-state index contributed by atoms with van der Waals surface area (Å²) in [5.41, 5.74) is 11.4. The molecule has 0 radical (unpaired) electrons. The minimum atomic E-state index is -4.52. The Labute approximate surface area is 151 Å². The average molecular weight is 404 g/mol. The Kier molecular flexibility index (Phi) is 7.48. The third-order valence-corrected chi connectivity index (χ3v) is 4.89. The van der Waals surface area contributed by atoms with Gasteiger partial charge in [0.2, 0.25) is 0 Å². The van der Waals surface area contributed by atoms with Gasteiger partial charge in [0.05, 0.1) is 0 Å². The van der Waals surface area contributed by atoms with Gasteiger partial charge in [-0.1, -0.05) is 24.3 Å². The smallest absolute Gasteiger partial charge is 0.295 e. The Morgan fingerprint density at radius 1 is 0.692 bits per heavy atom. The Morgan fingerprint density at radius 2 is 1.00 bits per heavy atom. The van der Waals surface area contributed by atoms with E-state index >= 15 is 0 Å². The van der Waals surface area contributed by atoms with E-state index in [1.165, 1.54) is 36.4 Å². The fraction of sp³-hybridized carbons (Fsp3) is 0. The van der Waals surface area contributed by atoms with Gasteiger partial charge in [-0.05, 0) is 35.4 Å². The molecule has 0 bridgehead atoms. The van der Waals surface area contributed by atoms with Crippen LogP contribution in [0.5, 0.6) is 0 Å². The minimum Gasteiger partial charge on any atom is -0.399 e. The molecule has 0 unspecified atom stereocenters. The first kappa shape index (κ1) is 23.5. The Balaban J connectivity index is 0.00000312. The highest BCUT2D eigenvalue weighted by atomic mass is 32.2. The van der Waals surface area contributed by atoms with Crippen LogP contribution < -0.4 is 23.8 Å². The fourth-order valence-corrected chi connectivity index (χ4v) is 3.44. The van der Waals surface area contributed by atoms with E-state index in [-0.39, 0.29) is 34.8 Å². The van der Waals surface area contributed by atoms with Crippen LogP contribution in [0.4, 0.5) is 11.4 Å². The molecule has 12 heteroatoms.